The number of benzene rings is 1. The maximum atomic E-state index is 5.75. The molecule has 0 unspecified atom stereocenters. The van der Waals surface area contributed by atoms with Gasteiger partial charge in [-0.25, -0.2) is 0 Å². The molecule has 1 aromatic heterocycles. The molecule has 0 spiro atoms. The monoisotopic (exact) mass is 201 g/mol. The van der Waals surface area contributed by atoms with Crippen LogP contribution in [0.2, 0.25) is 0 Å². The Morgan fingerprint density at radius 2 is 2.13 bits per heavy atom. The Labute approximate surface area is 89.3 Å². The molecule has 1 aliphatic rings. The third-order valence-electron chi connectivity index (χ3n) is 3.26. The highest BCUT2D eigenvalue weighted by atomic mass is 16.3. The SMILES string of the molecule is Cc1oc2ccccc2c1CC1CNC1. The normalized spacial score (nSPS) is 16.9. The standard InChI is InChI=1S/C13H15NO/c1-9-12(6-10-7-14-8-10)11-4-2-3-5-13(11)15-9/h2-5,10,14H,6-8H2,1H3. The third kappa shape index (κ3) is 1.45. The molecule has 3 rings (SSSR count). The molecule has 0 radical (unpaired) electrons. The van der Waals surface area contributed by atoms with E-state index in [0.29, 0.717) is 0 Å². The molecule has 2 heteroatoms. The second-order valence-corrected chi connectivity index (χ2v) is 4.36. The quantitative estimate of drug-likeness (QED) is 0.807. The van der Waals surface area contributed by atoms with E-state index in [-0.39, 0.29) is 0 Å². The summed E-state index contributed by atoms with van der Waals surface area (Å²) in [5, 5.41) is 4.60. The summed E-state index contributed by atoms with van der Waals surface area (Å²) in [6, 6.07) is 8.32. The molecule has 2 aromatic rings. The molecule has 2 heterocycles. The highest BCUT2D eigenvalue weighted by molar-refractivity contribution is 5.82. The van der Waals surface area contributed by atoms with E-state index in [1.54, 1.807) is 0 Å². The average molecular weight is 201 g/mol. The molecule has 2 nitrogen and oxygen atoms in total. The molecule has 0 amide bonds. The van der Waals surface area contributed by atoms with Gasteiger partial charge in [0, 0.05) is 10.9 Å². The number of furan rings is 1. The first-order valence-corrected chi connectivity index (χ1v) is 5.52. The Bertz CT molecular complexity index is 482. The van der Waals surface area contributed by atoms with Crippen LogP contribution in [0, 0.1) is 12.8 Å². The van der Waals surface area contributed by atoms with Crippen LogP contribution in [0.4, 0.5) is 0 Å². The summed E-state index contributed by atoms with van der Waals surface area (Å²) in [5.41, 5.74) is 2.43. The Morgan fingerprint density at radius 1 is 1.33 bits per heavy atom. The first kappa shape index (κ1) is 8.98. The fraction of sp³-hybridized carbons (Fsp3) is 0.385. The molecule has 1 aromatic carbocycles. The van der Waals surface area contributed by atoms with Crippen molar-refractivity contribution in [2.45, 2.75) is 13.3 Å². The van der Waals surface area contributed by atoms with Crippen molar-refractivity contribution in [3.05, 3.63) is 35.6 Å². The van der Waals surface area contributed by atoms with Crippen LogP contribution in [0.1, 0.15) is 11.3 Å². The average Bonchev–Trinajstić information content (AvgIpc) is 2.48. The largest absolute Gasteiger partial charge is 0.461 e. The lowest BCUT2D eigenvalue weighted by atomic mass is 9.93. The number of nitrogens with one attached hydrogen (secondary N) is 1. The van der Waals surface area contributed by atoms with Crippen molar-refractivity contribution < 1.29 is 4.42 Å². The molecule has 0 aliphatic carbocycles. The van der Waals surface area contributed by atoms with Gasteiger partial charge in [-0.15, -0.1) is 0 Å². The van der Waals surface area contributed by atoms with Crippen LogP contribution in [-0.4, -0.2) is 13.1 Å². The minimum absolute atomic E-state index is 0.796. The van der Waals surface area contributed by atoms with E-state index in [9.17, 15) is 0 Å². The zero-order valence-electron chi connectivity index (χ0n) is 8.92. The van der Waals surface area contributed by atoms with Crippen molar-refractivity contribution in [3.8, 4) is 0 Å². The maximum absolute atomic E-state index is 5.75. The molecule has 0 bridgehead atoms. The van der Waals surface area contributed by atoms with Gasteiger partial charge >= 0.3 is 0 Å². The molecule has 1 aliphatic heterocycles. The maximum Gasteiger partial charge on any atom is 0.134 e. The predicted octanol–water partition coefficient (Wildman–Crippen LogP) is 2.50. The van der Waals surface area contributed by atoms with Gasteiger partial charge in [0.05, 0.1) is 0 Å². The van der Waals surface area contributed by atoms with Gasteiger partial charge in [0.25, 0.3) is 0 Å². The first-order valence-electron chi connectivity index (χ1n) is 5.52. The number of para-hydroxylation sites is 1. The highest BCUT2D eigenvalue weighted by Crippen LogP contribution is 2.28. The van der Waals surface area contributed by atoms with Gasteiger partial charge < -0.3 is 9.73 Å². The first-order chi connectivity index (χ1) is 7.34. The zero-order chi connectivity index (χ0) is 10.3. The van der Waals surface area contributed by atoms with Crippen LogP contribution in [0.5, 0.6) is 0 Å². The minimum atomic E-state index is 0.796. The zero-order valence-corrected chi connectivity index (χ0v) is 8.92. The van der Waals surface area contributed by atoms with Crippen molar-refractivity contribution in [2.24, 2.45) is 5.92 Å². The van der Waals surface area contributed by atoms with Gasteiger partial charge in [-0.2, -0.15) is 0 Å². The van der Waals surface area contributed by atoms with Gasteiger partial charge in [-0.3, -0.25) is 0 Å². The van der Waals surface area contributed by atoms with E-state index >= 15 is 0 Å². The lowest BCUT2D eigenvalue weighted by Crippen LogP contribution is -2.43. The molecular formula is C13H15NO. The van der Waals surface area contributed by atoms with Gasteiger partial charge in [0.1, 0.15) is 11.3 Å². The van der Waals surface area contributed by atoms with E-state index in [1.807, 2.05) is 12.1 Å². The fourth-order valence-corrected chi connectivity index (χ4v) is 2.26. The summed E-state index contributed by atoms with van der Waals surface area (Å²) in [4.78, 5) is 0. The fourth-order valence-electron chi connectivity index (χ4n) is 2.26. The molecule has 0 saturated carbocycles. The van der Waals surface area contributed by atoms with Crippen molar-refractivity contribution >= 4 is 11.0 Å². The summed E-state index contributed by atoms with van der Waals surface area (Å²) in [7, 11) is 0. The lowest BCUT2D eigenvalue weighted by Gasteiger charge is -2.26. The summed E-state index contributed by atoms with van der Waals surface area (Å²) in [5.74, 6) is 1.88. The van der Waals surface area contributed by atoms with E-state index in [1.165, 1.54) is 10.9 Å². The van der Waals surface area contributed by atoms with Crippen LogP contribution in [0.25, 0.3) is 11.0 Å². The van der Waals surface area contributed by atoms with E-state index in [0.717, 1.165) is 36.8 Å². The predicted molar refractivity (Wildman–Crippen MR) is 61.0 cm³/mol. The van der Waals surface area contributed by atoms with E-state index in [4.69, 9.17) is 4.42 Å². The Morgan fingerprint density at radius 3 is 2.87 bits per heavy atom. The van der Waals surface area contributed by atoms with Crippen LogP contribution < -0.4 is 5.32 Å². The van der Waals surface area contributed by atoms with Gasteiger partial charge in [-0.05, 0) is 38.4 Å². The van der Waals surface area contributed by atoms with Crippen molar-refractivity contribution in [1.82, 2.24) is 5.32 Å². The number of rotatable bonds is 2. The molecular weight excluding hydrogens is 186 g/mol. The summed E-state index contributed by atoms with van der Waals surface area (Å²) in [6.07, 6.45) is 1.15. The van der Waals surface area contributed by atoms with Gasteiger partial charge in [-0.1, -0.05) is 18.2 Å². The second-order valence-electron chi connectivity index (χ2n) is 4.36. The van der Waals surface area contributed by atoms with Crippen LogP contribution in [0.3, 0.4) is 0 Å². The highest BCUT2D eigenvalue weighted by Gasteiger charge is 2.20. The molecule has 1 fully saturated rings. The topological polar surface area (TPSA) is 25.2 Å². The molecule has 1 N–H and O–H groups in total. The lowest BCUT2D eigenvalue weighted by molar-refractivity contribution is 0.345. The summed E-state index contributed by atoms with van der Waals surface area (Å²) < 4.78 is 5.75. The summed E-state index contributed by atoms with van der Waals surface area (Å²) in [6.45, 7) is 4.37. The van der Waals surface area contributed by atoms with Crippen molar-refractivity contribution in [3.63, 3.8) is 0 Å². The second kappa shape index (κ2) is 3.38. The minimum Gasteiger partial charge on any atom is -0.461 e. The Balaban J connectivity index is 2.03. The number of fused-ring (bicyclic) bond motifs is 1. The van der Waals surface area contributed by atoms with Crippen LogP contribution in [0.15, 0.2) is 28.7 Å². The number of hydrogen-bond acceptors (Lipinski definition) is 2. The molecule has 78 valence electrons. The molecule has 1 saturated heterocycles. The van der Waals surface area contributed by atoms with Crippen LogP contribution in [-0.2, 0) is 6.42 Å². The Kier molecular flexibility index (Phi) is 2.03. The van der Waals surface area contributed by atoms with Gasteiger partial charge in [0.2, 0.25) is 0 Å². The summed E-state index contributed by atoms with van der Waals surface area (Å²) >= 11 is 0. The van der Waals surface area contributed by atoms with Crippen molar-refractivity contribution in [2.75, 3.05) is 13.1 Å². The number of aryl methyl sites for hydroxylation is 1. The Hall–Kier alpha value is -1.28. The van der Waals surface area contributed by atoms with E-state index < -0.39 is 0 Å². The number of hydrogen-bond donors (Lipinski definition) is 1. The molecule has 15 heavy (non-hydrogen) atoms. The van der Waals surface area contributed by atoms with Crippen molar-refractivity contribution in [1.29, 1.82) is 0 Å². The van der Waals surface area contributed by atoms with Gasteiger partial charge in [0.15, 0.2) is 0 Å². The third-order valence-corrected chi connectivity index (χ3v) is 3.26. The smallest absolute Gasteiger partial charge is 0.134 e. The molecule has 0 atom stereocenters. The van der Waals surface area contributed by atoms with E-state index in [2.05, 4.69) is 24.4 Å². The van der Waals surface area contributed by atoms with Crippen LogP contribution >= 0.6 is 0 Å².